The summed E-state index contributed by atoms with van der Waals surface area (Å²) >= 11 is 5.74. The Hall–Kier alpha value is -1.63. The zero-order valence-corrected chi connectivity index (χ0v) is 12.7. The van der Waals surface area contributed by atoms with Crippen LogP contribution in [0.15, 0.2) is 41.3 Å². The molecule has 0 aromatic heterocycles. The number of anilines is 1. The van der Waals surface area contributed by atoms with Crippen molar-refractivity contribution < 1.29 is 17.9 Å². The average Bonchev–Trinajstić information content (AvgIpc) is 2.42. The molecule has 2 aromatic carbocycles. The lowest BCUT2D eigenvalue weighted by Gasteiger charge is -2.13. The fourth-order valence-corrected chi connectivity index (χ4v) is 3.42. The number of hydrogen-bond donors (Lipinski definition) is 2. The molecule has 0 aliphatic rings. The zero-order valence-electron chi connectivity index (χ0n) is 11.1. The van der Waals surface area contributed by atoms with E-state index in [-0.39, 0.29) is 22.2 Å². The summed E-state index contributed by atoms with van der Waals surface area (Å²) < 4.78 is 40.5. The molecule has 2 rings (SSSR count). The summed E-state index contributed by atoms with van der Waals surface area (Å²) in [6.07, 6.45) is 0. The van der Waals surface area contributed by atoms with Crippen LogP contribution in [0.5, 0.6) is 0 Å². The molecule has 0 aliphatic carbocycles. The first-order valence-electron chi connectivity index (χ1n) is 6.02. The first-order chi connectivity index (χ1) is 9.85. The highest BCUT2D eigenvalue weighted by Gasteiger charge is 2.20. The van der Waals surface area contributed by atoms with Crippen LogP contribution in [0.3, 0.4) is 0 Å². The maximum absolute atomic E-state index is 13.6. The third kappa shape index (κ3) is 3.34. The van der Waals surface area contributed by atoms with Crippen LogP contribution >= 0.6 is 11.6 Å². The van der Waals surface area contributed by atoms with Crippen LogP contribution in [0.4, 0.5) is 10.1 Å². The van der Waals surface area contributed by atoms with E-state index in [9.17, 15) is 17.9 Å². The highest BCUT2D eigenvalue weighted by Crippen LogP contribution is 2.25. The van der Waals surface area contributed by atoms with Crippen molar-refractivity contribution >= 4 is 27.3 Å². The van der Waals surface area contributed by atoms with Crippen LogP contribution in [0.1, 0.15) is 11.1 Å². The van der Waals surface area contributed by atoms with E-state index in [2.05, 4.69) is 4.72 Å². The second-order valence-corrected chi connectivity index (χ2v) is 6.52. The second kappa shape index (κ2) is 6.01. The van der Waals surface area contributed by atoms with Crippen molar-refractivity contribution in [3.05, 3.63) is 58.4 Å². The summed E-state index contributed by atoms with van der Waals surface area (Å²) in [5.41, 5.74) is 0.677. The van der Waals surface area contributed by atoms with E-state index < -0.39 is 15.8 Å². The van der Waals surface area contributed by atoms with Gasteiger partial charge in [-0.1, -0.05) is 23.7 Å². The average molecular weight is 330 g/mol. The third-order valence-corrected chi connectivity index (χ3v) is 4.77. The minimum Gasteiger partial charge on any atom is -0.392 e. The van der Waals surface area contributed by atoms with Gasteiger partial charge in [0.05, 0.1) is 17.2 Å². The topological polar surface area (TPSA) is 66.4 Å². The molecule has 0 heterocycles. The summed E-state index contributed by atoms with van der Waals surface area (Å²) in [6.45, 7) is 1.30. The molecule has 4 nitrogen and oxygen atoms in total. The minimum absolute atomic E-state index is 0.0200. The molecule has 0 atom stereocenters. The Balaban J connectivity index is 2.46. The molecule has 0 radical (unpaired) electrons. The fourth-order valence-electron chi connectivity index (χ4n) is 1.90. The highest BCUT2D eigenvalue weighted by molar-refractivity contribution is 7.92. The number of hydrogen-bond acceptors (Lipinski definition) is 3. The predicted molar refractivity (Wildman–Crippen MR) is 79.3 cm³/mol. The molecule has 0 saturated carbocycles. The van der Waals surface area contributed by atoms with Crippen molar-refractivity contribution in [3.63, 3.8) is 0 Å². The van der Waals surface area contributed by atoms with Crippen LogP contribution in [0.25, 0.3) is 0 Å². The molecular weight excluding hydrogens is 317 g/mol. The van der Waals surface area contributed by atoms with Gasteiger partial charge in [-0.3, -0.25) is 4.72 Å². The van der Waals surface area contributed by atoms with Crippen molar-refractivity contribution in [2.75, 3.05) is 4.72 Å². The van der Waals surface area contributed by atoms with Crippen molar-refractivity contribution in [2.45, 2.75) is 18.4 Å². The normalized spacial score (nSPS) is 11.4. The molecule has 7 heteroatoms. The standard InChI is InChI=1S/C14H13ClFNO3S/c1-9-10(8-18)3-2-4-14(9)21(19,20)17-13-7-11(15)5-6-12(13)16/h2-7,17-18H,8H2,1H3. The summed E-state index contributed by atoms with van der Waals surface area (Å²) in [5.74, 6) is -0.723. The number of aliphatic hydroxyl groups is 1. The van der Waals surface area contributed by atoms with Crippen LogP contribution in [-0.4, -0.2) is 13.5 Å². The summed E-state index contributed by atoms with van der Waals surface area (Å²) in [6, 6.07) is 8.12. The molecule has 2 N–H and O–H groups in total. The van der Waals surface area contributed by atoms with Gasteiger partial charge in [0.2, 0.25) is 0 Å². The molecule has 112 valence electrons. The van der Waals surface area contributed by atoms with E-state index >= 15 is 0 Å². The Labute approximate surface area is 127 Å². The number of aliphatic hydroxyl groups excluding tert-OH is 1. The summed E-state index contributed by atoms with van der Waals surface area (Å²) in [5, 5.41) is 9.40. The molecule has 0 amide bonds. The number of halogens is 2. The van der Waals surface area contributed by atoms with Gasteiger partial charge in [0.25, 0.3) is 10.0 Å². The van der Waals surface area contributed by atoms with E-state index in [0.717, 1.165) is 6.07 Å². The van der Waals surface area contributed by atoms with Crippen LogP contribution in [0.2, 0.25) is 5.02 Å². The largest absolute Gasteiger partial charge is 0.392 e. The van der Waals surface area contributed by atoms with E-state index in [1.54, 1.807) is 13.0 Å². The number of sulfonamides is 1. The Kier molecular flexibility index (Phi) is 4.51. The minimum atomic E-state index is -3.98. The number of rotatable bonds is 4. The van der Waals surface area contributed by atoms with Gasteiger partial charge < -0.3 is 5.11 Å². The SMILES string of the molecule is Cc1c(CO)cccc1S(=O)(=O)Nc1cc(Cl)ccc1F. The van der Waals surface area contributed by atoms with Gasteiger partial charge in [-0.25, -0.2) is 12.8 Å². The molecule has 0 aliphatic heterocycles. The lowest BCUT2D eigenvalue weighted by molar-refractivity contribution is 0.280. The molecule has 2 aromatic rings. The lowest BCUT2D eigenvalue weighted by atomic mass is 10.1. The Bertz CT molecular complexity index is 778. The van der Waals surface area contributed by atoms with Gasteiger partial charge in [0, 0.05) is 5.02 Å². The van der Waals surface area contributed by atoms with Gasteiger partial charge in [0.15, 0.2) is 0 Å². The maximum atomic E-state index is 13.6. The number of nitrogens with one attached hydrogen (secondary N) is 1. The second-order valence-electron chi connectivity index (χ2n) is 4.43. The van der Waals surface area contributed by atoms with Gasteiger partial charge in [-0.15, -0.1) is 0 Å². The maximum Gasteiger partial charge on any atom is 0.262 e. The quantitative estimate of drug-likeness (QED) is 0.906. The monoisotopic (exact) mass is 329 g/mol. The molecule has 0 unspecified atom stereocenters. The zero-order chi connectivity index (χ0) is 15.6. The van der Waals surface area contributed by atoms with Gasteiger partial charge in [-0.2, -0.15) is 0 Å². The van der Waals surface area contributed by atoms with E-state index in [4.69, 9.17) is 11.6 Å². The van der Waals surface area contributed by atoms with E-state index in [0.29, 0.717) is 11.1 Å². The van der Waals surface area contributed by atoms with Gasteiger partial charge in [-0.05, 0) is 42.3 Å². The molecule has 21 heavy (non-hydrogen) atoms. The van der Waals surface area contributed by atoms with Gasteiger partial charge in [0.1, 0.15) is 5.82 Å². The van der Waals surface area contributed by atoms with Crippen LogP contribution in [0, 0.1) is 12.7 Å². The van der Waals surface area contributed by atoms with E-state index in [1.165, 1.54) is 24.3 Å². The predicted octanol–water partition coefficient (Wildman–Crippen LogP) is 3.08. The van der Waals surface area contributed by atoms with Crippen LogP contribution < -0.4 is 4.72 Å². The van der Waals surface area contributed by atoms with Crippen molar-refractivity contribution in [1.82, 2.24) is 0 Å². The summed E-state index contributed by atoms with van der Waals surface area (Å²) in [4.78, 5) is -0.0200. The molecule has 0 saturated heterocycles. The molecule has 0 bridgehead atoms. The Morgan fingerprint density at radius 2 is 2.00 bits per heavy atom. The molecule has 0 spiro atoms. The smallest absolute Gasteiger partial charge is 0.262 e. The van der Waals surface area contributed by atoms with Gasteiger partial charge >= 0.3 is 0 Å². The van der Waals surface area contributed by atoms with Crippen molar-refractivity contribution in [1.29, 1.82) is 0 Å². The first kappa shape index (κ1) is 15.8. The first-order valence-corrected chi connectivity index (χ1v) is 7.88. The third-order valence-electron chi connectivity index (χ3n) is 3.03. The highest BCUT2D eigenvalue weighted by atomic mass is 35.5. The van der Waals surface area contributed by atoms with Crippen molar-refractivity contribution in [2.24, 2.45) is 0 Å². The lowest BCUT2D eigenvalue weighted by Crippen LogP contribution is -2.16. The number of benzene rings is 2. The Morgan fingerprint density at radius 3 is 2.67 bits per heavy atom. The Morgan fingerprint density at radius 1 is 1.29 bits per heavy atom. The molecular formula is C14H13ClFNO3S. The van der Waals surface area contributed by atoms with Crippen molar-refractivity contribution in [3.8, 4) is 0 Å². The van der Waals surface area contributed by atoms with E-state index in [1.807, 2.05) is 0 Å². The fraction of sp³-hybridized carbons (Fsp3) is 0.143. The summed E-state index contributed by atoms with van der Waals surface area (Å²) in [7, 11) is -3.98. The molecule has 0 fully saturated rings. The van der Waals surface area contributed by atoms with Crippen LogP contribution in [-0.2, 0) is 16.6 Å².